The molecule has 0 unspecified atom stereocenters. The third-order valence-corrected chi connectivity index (χ3v) is 6.22. The molecule has 0 radical (unpaired) electrons. The summed E-state index contributed by atoms with van der Waals surface area (Å²) in [6, 6.07) is 4.27. The molecule has 1 aromatic carbocycles. The summed E-state index contributed by atoms with van der Waals surface area (Å²) in [6.45, 7) is 13.0. The molecule has 0 bridgehead atoms. The number of ether oxygens (including phenoxy) is 1. The molecule has 4 heterocycles. The highest BCUT2D eigenvalue weighted by atomic mass is 16.5. The van der Waals surface area contributed by atoms with Crippen LogP contribution in [0.1, 0.15) is 77.3 Å². The van der Waals surface area contributed by atoms with Crippen LogP contribution in [0.25, 0.3) is 22.3 Å². The van der Waals surface area contributed by atoms with Crippen molar-refractivity contribution in [2.75, 3.05) is 5.73 Å². The lowest BCUT2D eigenvalue weighted by Gasteiger charge is -2.24. The number of nitrogens with two attached hydrogens (primary N) is 1. The first-order valence-electron chi connectivity index (χ1n) is 11.2. The number of aromatic nitrogens is 5. The predicted octanol–water partition coefficient (Wildman–Crippen LogP) is 4.17. The second-order valence-electron chi connectivity index (χ2n) is 10.8. The van der Waals surface area contributed by atoms with Gasteiger partial charge in [0.25, 0.3) is 0 Å². The van der Waals surface area contributed by atoms with E-state index in [0.29, 0.717) is 29.3 Å². The second-order valence-corrected chi connectivity index (χ2v) is 10.8. The van der Waals surface area contributed by atoms with Crippen molar-refractivity contribution < 1.29 is 14.3 Å². The topological polar surface area (TPSA) is 125 Å². The van der Waals surface area contributed by atoms with Crippen LogP contribution in [0.4, 0.5) is 5.82 Å². The third kappa shape index (κ3) is 3.65. The van der Waals surface area contributed by atoms with Gasteiger partial charge in [-0.05, 0) is 22.5 Å². The fourth-order valence-corrected chi connectivity index (χ4v) is 4.29. The van der Waals surface area contributed by atoms with Gasteiger partial charge < -0.3 is 20.0 Å². The molecule has 0 spiro atoms. The first kappa shape index (κ1) is 21.8. The Morgan fingerprint density at radius 1 is 1.06 bits per heavy atom. The maximum Gasteiger partial charge on any atom is 0.227 e. The van der Waals surface area contributed by atoms with E-state index in [1.807, 2.05) is 0 Å². The number of hydrogen-bond donors (Lipinski definition) is 2. The summed E-state index contributed by atoms with van der Waals surface area (Å²) in [6.07, 6.45) is 1.36. The number of nitrogen functional groups attached to an aromatic ring is 1. The molecule has 5 rings (SSSR count). The van der Waals surface area contributed by atoms with E-state index in [1.165, 1.54) is 11.9 Å². The van der Waals surface area contributed by atoms with Crippen molar-refractivity contribution in [3.63, 3.8) is 0 Å². The number of benzene rings is 1. The fourth-order valence-electron chi connectivity index (χ4n) is 4.29. The Balaban J connectivity index is 1.54. The lowest BCUT2D eigenvalue weighted by atomic mass is 9.80. The number of oxazole rings is 1. The van der Waals surface area contributed by atoms with Gasteiger partial charge in [0.2, 0.25) is 5.89 Å². The fraction of sp³-hybridized carbons (Fsp3) is 0.500. The molecule has 1 aliphatic heterocycles. The number of aliphatic hydroxyl groups is 1. The largest absolute Gasteiger partial charge is 0.437 e. The Morgan fingerprint density at radius 2 is 1.82 bits per heavy atom. The van der Waals surface area contributed by atoms with E-state index in [0.717, 1.165) is 16.7 Å². The van der Waals surface area contributed by atoms with Crippen molar-refractivity contribution >= 4 is 28.1 Å². The van der Waals surface area contributed by atoms with E-state index >= 15 is 0 Å². The molecule has 33 heavy (non-hydrogen) atoms. The minimum absolute atomic E-state index is 0.0338. The first-order valence-corrected chi connectivity index (χ1v) is 11.2. The molecule has 1 aliphatic rings. The van der Waals surface area contributed by atoms with Crippen molar-refractivity contribution in [1.82, 2.24) is 24.5 Å². The number of fused-ring (bicyclic) bond motifs is 2. The van der Waals surface area contributed by atoms with Crippen LogP contribution in [0, 0.1) is 0 Å². The van der Waals surface area contributed by atoms with Crippen molar-refractivity contribution in [3.8, 4) is 0 Å². The Kier molecular flexibility index (Phi) is 4.77. The minimum Gasteiger partial charge on any atom is -0.437 e. The Bertz CT molecular complexity index is 1340. The number of rotatable bonds is 2. The van der Waals surface area contributed by atoms with Crippen molar-refractivity contribution in [3.05, 3.63) is 41.8 Å². The number of nitrogens with zero attached hydrogens (tertiary/aromatic N) is 5. The molecule has 9 heteroatoms. The zero-order chi connectivity index (χ0) is 23.7. The van der Waals surface area contributed by atoms with Gasteiger partial charge in [-0.1, -0.05) is 47.6 Å². The first-order chi connectivity index (χ1) is 15.4. The van der Waals surface area contributed by atoms with Crippen LogP contribution in [0.15, 0.2) is 29.2 Å². The molecule has 3 aromatic heterocycles. The highest BCUT2D eigenvalue weighted by molar-refractivity contribution is 5.81. The Hall–Kier alpha value is -3.04. The summed E-state index contributed by atoms with van der Waals surface area (Å²) in [5.74, 6) is 0.673. The zero-order valence-electron chi connectivity index (χ0n) is 19.8. The SMILES string of the molecule is CC(C)(C)c1cc(C(C)(C)C)c2oc([C@H]3O[C@@H](n4cnc5c(N)ncnc54)C[C@@H]3O)nc2c1. The number of anilines is 1. The van der Waals surface area contributed by atoms with Crippen molar-refractivity contribution in [2.24, 2.45) is 0 Å². The molecule has 4 aromatic rings. The van der Waals surface area contributed by atoms with Gasteiger partial charge in [-0.3, -0.25) is 4.57 Å². The van der Waals surface area contributed by atoms with E-state index in [9.17, 15) is 5.11 Å². The van der Waals surface area contributed by atoms with E-state index in [2.05, 4.69) is 68.6 Å². The number of aliphatic hydroxyl groups excluding tert-OH is 1. The van der Waals surface area contributed by atoms with Gasteiger partial charge in [-0.15, -0.1) is 0 Å². The van der Waals surface area contributed by atoms with E-state index in [-0.39, 0.29) is 10.8 Å². The molecule has 0 amide bonds. The molecule has 9 nitrogen and oxygen atoms in total. The van der Waals surface area contributed by atoms with Crippen LogP contribution in [0.5, 0.6) is 0 Å². The smallest absolute Gasteiger partial charge is 0.227 e. The van der Waals surface area contributed by atoms with Crippen LogP contribution in [0.3, 0.4) is 0 Å². The summed E-state index contributed by atoms with van der Waals surface area (Å²) in [5, 5.41) is 10.9. The average Bonchev–Trinajstić information content (AvgIpc) is 3.41. The summed E-state index contributed by atoms with van der Waals surface area (Å²) in [5.41, 5.74) is 10.6. The van der Waals surface area contributed by atoms with Crippen LogP contribution in [0.2, 0.25) is 0 Å². The number of hydrogen-bond acceptors (Lipinski definition) is 8. The zero-order valence-corrected chi connectivity index (χ0v) is 19.8. The molecule has 0 saturated carbocycles. The maximum absolute atomic E-state index is 10.9. The van der Waals surface area contributed by atoms with E-state index < -0.39 is 18.4 Å². The molecule has 0 aliphatic carbocycles. The maximum atomic E-state index is 10.9. The van der Waals surface area contributed by atoms with Gasteiger partial charge in [0, 0.05) is 12.0 Å². The lowest BCUT2D eigenvalue weighted by Crippen LogP contribution is -2.16. The van der Waals surface area contributed by atoms with E-state index in [1.54, 1.807) is 10.9 Å². The number of imidazole rings is 1. The van der Waals surface area contributed by atoms with Gasteiger partial charge in [0.15, 0.2) is 23.2 Å². The van der Waals surface area contributed by atoms with Gasteiger partial charge in [-0.2, -0.15) is 0 Å². The van der Waals surface area contributed by atoms with Gasteiger partial charge in [0.1, 0.15) is 23.6 Å². The second kappa shape index (κ2) is 7.23. The quantitative estimate of drug-likeness (QED) is 0.466. The lowest BCUT2D eigenvalue weighted by molar-refractivity contribution is -0.0312. The molecule has 174 valence electrons. The summed E-state index contributed by atoms with van der Waals surface area (Å²) in [7, 11) is 0. The molecule has 3 N–H and O–H groups in total. The van der Waals surface area contributed by atoms with Crippen LogP contribution in [-0.2, 0) is 15.6 Å². The van der Waals surface area contributed by atoms with Gasteiger partial charge in [0.05, 0.1) is 12.4 Å². The van der Waals surface area contributed by atoms with Crippen molar-refractivity contribution in [2.45, 2.75) is 77.2 Å². The molecular formula is C24H30N6O3. The molecule has 1 fully saturated rings. The van der Waals surface area contributed by atoms with Crippen molar-refractivity contribution in [1.29, 1.82) is 0 Å². The normalized spacial score (nSPS) is 22.0. The summed E-state index contributed by atoms with van der Waals surface area (Å²) >= 11 is 0. The molecule has 3 atom stereocenters. The van der Waals surface area contributed by atoms with Gasteiger partial charge in [-0.25, -0.2) is 19.9 Å². The Labute approximate surface area is 192 Å². The van der Waals surface area contributed by atoms with Crippen LogP contribution >= 0.6 is 0 Å². The van der Waals surface area contributed by atoms with Crippen LogP contribution < -0.4 is 5.73 Å². The van der Waals surface area contributed by atoms with Crippen LogP contribution in [-0.4, -0.2) is 35.7 Å². The monoisotopic (exact) mass is 450 g/mol. The van der Waals surface area contributed by atoms with E-state index in [4.69, 9.17) is 19.9 Å². The molecule has 1 saturated heterocycles. The predicted molar refractivity (Wildman–Crippen MR) is 125 cm³/mol. The average molecular weight is 451 g/mol. The molecular weight excluding hydrogens is 420 g/mol. The minimum atomic E-state index is -0.792. The summed E-state index contributed by atoms with van der Waals surface area (Å²) in [4.78, 5) is 17.3. The summed E-state index contributed by atoms with van der Waals surface area (Å²) < 4.78 is 14.2. The van der Waals surface area contributed by atoms with Gasteiger partial charge >= 0.3 is 0 Å². The Morgan fingerprint density at radius 3 is 2.52 bits per heavy atom. The standard InChI is InChI=1S/C24H30N6O3/c1-23(2,3)12-7-13(24(4,5)6)18-14(8-12)29-22(33-18)19-15(31)9-16(32-19)30-11-28-17-20(25)26-10-27-21(17)30/h7-8,10-11,15-16,19,31H,9H2,1-6H3,(H2,25,26,27)/t15-,16+,19-/m0/s1. The highest BCUT2D eigenvalue weighted by Crippen LogP contribution is 2.42. The third-order valence-electron chi connectivity index (χ3n) is 6.22. The highest BCUT2D eigenvalue weighted by Gasteiger charge is 2.40.